The van der Waals surface area contributed by atoms with Gasteiger partial charge in [-0.05, 0) is 20.8 Å². The van der Waals surface area contributed by atoms with Crippen LogP contribution >= 0.6 is 0 Å². The number of amides is 1. The number of carbonyl (C=O) groups excluding carboxylic acids is 2. The van der Waals surface area contributed by atoms with Crippen LogP contribution in [-0.4, -0.2) is 52.5 Å². The zero-order valence-corrected chi connectivity index (χ0v) is 12.4. The second-order valence-electron chi connectivity index (χ2n) is 5.58. The minimum atomic E-state index is -1.56. The first-order valence-corrected chi connectivity index (χ1v) is 6.52. The molecule has 0 rings (SSSR count). The number of halogens is 1. The van der Waals surface area contributed by atoms with Gasteiger partial charge in [-0.1, -0.05) is 0 Å². The Morgan fingerprint density at radius 2 is 1.81 bits per heavy atom. The van der Waals surface area contributed by atoms with E-state index in [9.17, 15) is 23.9 Å². The van der Waals surface area contributed by atoms with Crippen LogP contribution in [0.25, 0.3) is 0 Å². The van der Waals surface area contributed by atoms with E-state index in [2.05, 4.69) is 5.32 Å². The lowest BCUT2D eigenvalue weighted by molar-refractivity contribution is -0.156. The largest absolute Gasteiger partial charge is 0.481 e. The van der Waals surface area contributed by atoms with Gasteiger partial charge in [-0.3, -0.25) is 14.4 Å². The highest BCUT2D eigenvalue weighted by atomic mass is 19.1. The fourth-order valence-electron chi connectivity index (χ4n) is 1.45. The lowest BCUT2D eigenvalue weighted by Gasteiger charge is -2.24. The first kappa shape index (κ1) is 19.3. The predicted molar refractivity (Wildman–Crippen MR) is 71.2 cm³/mol. The number of aliphatic hydroxyl groups excluding tert-OH is 1. The van der Waals surface area contributed by atoms with Gasteiger partial charge in [0.15, 0.2) is 0 Å². The normalized spacial score (nSPS) is 14.1. The van der Waals surface area contributed by atoms with Crippen LogP contribution in [0.2, 0.25) is 0 Å². The molecule has 2 unspecified atom stereocenters. The molecule has 0 aromatic heterocycles. The third kappa shape index (κ3) is 9.78. The molecule has 0 bridgehead atoms. The summed E-state index contributed by atoms with van der Waals surface area (Å²) in [5, 5.41) is 20.2. The molecule has 0 aliphatic heterocycles. The monoisotopic (exact) mass is 307 g/mol. The summed E-state index contributed by atoms with van der Waals surface area (Å²) in [6.07, 6.45) is -2.68. The molecule has 0 spiro atoms. The number of alkyl halides is 1. The summed E-state index contributed by atoms with van der Waals surface area (Å²) in [7, 11) is 0. The second-order valence-corrected chi connectivity index (χ2v) is 5.58. The van der Waals surface area contributed by atoms with Gasteiger partial charge in [-0.2, -0.15) is 0 Å². The number of rotatable bonds is 8. The maximum Gasteiger partial charge on any atom is 0.308 e. The fourth-order valence-corrected chi connectivity index (χ4v) is 1.45. The summed E-state index contributed by atoms with van der Waals surface area (Å²) >= 11 is 0. The highest BCUT2D eigenvalue weighted by Crippen LogP contribution is 2.11. The molecule has 7 nitrogen and oxygen atoms in total. The summed E-state index contributed by atoms with van der Waals surface area (Å²) in [4.78, 5) is 33.5. The standard InChI is InChI=1S/C13H22FNO6/c1-13(2,3)21-12(20)6-8(9(16)7-14)15-10(17)4-5-11(18)19/h8-9,16H,4-7H2,1-3H3,(H,15,17)(H,18,19). The van der Waals surface area contributed by atoms with E-state index in [1.54, 1.807) is 20.8 Å². The van der Waals surface area contributed by atoms with E-state index in [0.29, 0.717) is 0 Å². The molecule has 3 N–H and O–H groups in total. The molecule has 122 valence electrons. The summed E-state index contributed by atoms with van der Waals surface area (Å²) in [5.74, 6) is -2.53. The summed E-state index contributed by atoms with van der Waals surface area (Å²) < 4.78 is 17.6. The third-order valence-electron chi connectivity index (χ3n) is 2.34. The number of carboxylic acid groups (broad SMARTS) is 1. The molecule has 1 amide bonds. The van der Waals surface area contributed by atoms with Gasteiger partial charge in [-0.15, -0.1) is 0 Å². The molecular weight excluding hydrogens is 285 g/mol. The Kier molecular flexibility index (Phi) is 7.86. The Labute approximate surface area is 122 Å². The first-order valence-electron chi connectivity index (χ1n) is 6.52. The SMILES string of the molecule is CC(C)(C)OC(=O)CC(NC(=O)CCC(=O)O)C(O)CF. The van der Waals surface area contributed by atoms with Crippen molar-refractivity contribution >= 4 is 17.8 Å². The first-order chi connectivity index (χ1) is 9.55. The van der Waals surface area contributed by atoms with Crippen LogP contribution < -0.4 is 5.32 Å². The van der Waals surface area contributed by atoms with E-state index in [1.165, 1.54) is 0 Å². The van der Waals surface area contributed by atoms with Gasteiger partial charge >= 0.3 is 11.9 Å². The van der Waals surface area contributed by atoms with Crippen LogP contribution in [0.15, 0.2) is 0 Å². The average molecular weight is 307 g/mol. The van der Waals surface area contributed by atoms with Gasteiger partial charge in [0, 0.05) is 6.42 Å². The number of hydrogen-bond acceptors (Lipinski definition) is 5. The number of hydrogen-bond donors (Lipinski definition) is 3. The summed E-state index contributed by atoms with van der Waals surface area (Å²) in [6, 6.07) is -1.16. The topological polar surface area (TPSA) is 113 Å². The van der Waals surface area contributed by atoms with Crippen molar-refractivity contribution in [1.29, 1.82) is 0 Å². The number of ether oxygens (including phenoxy) is 1. The summed E-state index contributed by atoms with van der Waals surface area (Å²) in [5.41, 5.74) is -0.740. The van der Waals surface area contributed by atoms with E-state index in [0.717, 1.165) is 0 Å². The van der Waals surface area contributed by atoms with Crippen molar-refractivity contribution < 1.29 is 33.7 Å². The van der Waals surface area contributed by atoms with E-state index in [1.807, 2.05) is 0 Å². The van der Waals surface area contributed by atoms with Gasteiger partial charge < -0.3 is 20.3 Å². The predicted octanol–water partition coefficient (Wildman–Crippen LogP) is 0.398. The van der Waals surface area contributed by atoms with Crippen molar-refractivity contribution in [2.45, 2.75) is 57.8 Å². The molecule has 2 atom stereocenters. The lowest BCUT2D eigenvalue weighted by Crippen LogP contribution is -2.46. The maximum absolute atomic E-state index is 12.5. The molecule has 8 heteroatoms. The van der Waals surface area contributed by atoms with E-state index in [-0.39, 0.29) is 6.42 Å². The van der Waals surface area contributed by atoms with Crippen LogP contribution in [-0.2, 0) is 19.1 Å². The Morgan fingerprint density at radius 1 is 1.24 bits per heavy atom. The zero-order chi connectivity index (χ0) is 16.6. The Hall–Kier alpha value is -1.70. The van der Waals surface area contributed by atoms with Crippen molar-refractivity contribution in [3.63, 3.8) is 0 Å². The zero-order valence-electron chi connectivity index (χ0n) is 12.4. The van der Waals surface area contributed by atoms with Crippen LogP contribution in [0, 0.1) is 0 Å². The number of carboxylic acids is 1. The lowest BCUT2D eigenvalue weighted by atomic mass is 10.1. The molecule has 0 aromatic carbocycles. The van der Waals surface area contributed by atoms with E-state index < -0.39 is 55.1 Å². The maximum atomic E-state index is 12.5. The quantitative estimate of drug-likeness (QED) is 0.559. The number of aliphatic hydroxyl groups is 1. The highest BCUT2D eigenvalue weighted by molar-refractivity contribution is 5.81. The number of esters is 1. The summed E-state index contributed by atoms with van der Waals surface area (Å²) in [6.45, 7) is 3.80. The van der Waals surface area contributed by atoms with Gasteiger partial charge in [0.25, 0.3) is 0 Å². The van der Waals surface area contributed by atoms with Gasteiger partial charge in [0.05, 0.1) is 18.9 Å². The third-order valence-corrected chi connectivity index (χ3v) is 2.34. The smallest absolute Gasteiger partial charge is 0.308 e. The molecular formula is C13H22FNO6. The molecule has 0 aromatic rings. The molecule has 0 saturated carbocycles. The Morgan fingerprint density at radius 3 is 2.24 bits per heavy atom. The minimum Gasteiger partial charge on any atom is -0.481 e. The molecule has 21 heavy (non-hydrogen) atoms. The number of carbonyl (C=O) groups is 3. The Balaban J connectivity index is 4.56. The molecule has 0 radical (unpaired) electrons. The average Bonchev–Trinajstić information content (AvgIpc) is 2.32. The molecule has 0 saturated heterocycles. The van der Waals surface area contributed by atoms with Gasteiger partial charge in [-0.25, -0.2) is 4.39 Å². The highest BCUT2D eigenvalue weighted by Gasteiger charge is 2.27. The van der Waals surface area contributed by atoms with Gasteiger partial charge in [0.2, 0.25) is 5.91 Å². The number of aliphatic carboxylic acids is 1. The Bertz CT molecular complexity index is 379. The van der Waals surface area contributed by atoms with E-state index >= 15 is 0 Å². The van der Waals surface area contributed by atoms with Crippen LogP contribution in [0.3, 0.4) is 0 Å². The molecule has 0 fully saturated rings. The molecule has 0 aliphatic rings. The second kappa shape index (κ2) is 8.56. The van der Waals surface area contributed by atoms with Crippen molar-refractivity contribution in [2.75, 3.05) is 6.67 Å². The van der Waals surface area contributed by atoms with Gasteiger partial charge in [0.1, 0.15) is 18.4 Å². The minimum absolute atomic E-state index is 0.320. The van der Waals surface area contributed by atoms with Crippen molar-refractivity contribution in [3.05, 3.63) is 0 Å². The number of nitrogens with one attached hydrogen (secondary N) is 1. The van der Waals surface area contributed by atoms with Crippen molar-refractivity contribution in [1.82, 2.24) is 5.32 Å². The van der Waals surface area contributed by atoms with E-state index in [4.69, 9.17) is 9.84 Å². The van der Waals surface area contributed by atoms with Crippen LogP contribution in [0.5, 0.6) is 0 Å². The molecule has 0 heterocycles. The fraction of sp³-hybridized carbons (Fsp3) is 0.769. The van der Waals surface area contributed by atoms with Crippen LogP contribution in [0.1, 0.15) is 40.0 Å². The molecule has 0 aliphatic carbocycles. The van der Waals surface area contributed by atoms with Crippen molar-refractivity contribution in [2.24, 2.45) is 0 Å². The van der Waals surface area contributed by atoms with Crippen LogP contribution in [0.4, 0.5) is 4.39 Å². The van der Waals surface area contributed by atoms with Crippen molar-refractivity contribution in [3.8, 4) is 0 Å².